The van der Waals surface area contributed by atoms with Crippen LogP contribution in [0.1, 0.15) is 60.6 Å². The van der Waals surface area contributed by atoms with Gasteiger partial charge >= 0.3 is 0 Å². The number of piperidine rings is 1. The summed E-state index contributed by atoms with van der Waals surface area (Å²) in [5.41, 5.74) is 2.94. The molecular weight excluding hydrogens is 376 g/mol. The molecule has 1 N–H and O–H groups in total. The molecule has 0 bridgehead atoms. The first kappa shape index (κ1) is 22.2. The fraction of sp³-hybridized carbons (Fsp3) is 0.480. The van der Waals surface area contributed by atoms with Gasteiger partial charge in [-0.3, -0.25) is 9.69 Å². The minimum Gasteiger partial charge on any atom is -0.493 e. The molecule has 3 rings (SSSR count). The van der Waals surface area contributed by atoms with Crippen LogP contribution < -0.4 is 14.8 Å². The molecule has 5 heteroatoms. The van der Waals surface area contributed by atoms with E-state index in [9.17, 15) is 4.79 Å². The maximum atomic E-state index is 12.8. The number of rotatable bonds is 8. The lowest BCUT2D eigenvalue weighted by Gasteiger charge is -2.30. The number of carbonyl (C=O) groups excluding carboxylic acids is 1. The molecule has 2 atom stereocenters. The topological polar surface area (TPSA) is 50.8 Å². The second kappa shape index (κ2) is 10.5. The number of hydrogen-bond donors (Lipinski definition) is 1. The Bertz CT molecular complexity index is 835. The van der Waals surface area contributed by atoms with Crippen molar-refractivity contribution >= 4 is 5.91 Å². The zero-order valence-electron chi connectivity index (χ0n) is 18.6. The predicted octanol–water partition coefficient (Wildman–Crippen LogP) is 4.82. The van der Waals surface area contributed by atoms with Gasteiger partial charge in [0.15, 0.2) is 11.5 Å². The lowest BCUT2D eigenvalue weighted by atomic mass is 9.99. The molecule has 1 amide bonds. The third kappa shape index (κ3) is 5.54. The van der Waals surface area contributed by atoms with E-state index in [1.165, 1.54) is 18.4 Å². The van der Waals surface area contributed by atoms with Gasteiger partial charge in [-0.15, -0.1) is 0 Å². The van der Waals surface area contributed by atoms with Gasteiger partial charge in [0.2, 0.25) is 0 Å². The number of nitrogens with one attached hydrogen (secondary N) is 1. The Labute approximate surface area is 180 Å². The number of carbonyl (C=O) groups is 1. The van der Waals surface area contributed by atoms with Crippen LogP contribution >= 0.6 is 0 Å². The smallest absolute Gasteiger partial charge is 0.251 e. The average Bonchev–Trinajstić information content (AvgIpc) is 2.77. The van der Waals surface area contributed by atoms with Crippen LogP contribution in [0.2, 0.25) is 0 Å². The summed E-state index contributed by atoms with van der Waals surface area (Å²) in [6.45, 7) is 7.66. The monoisotopic (exact) mass is 410 g/mol. The van der Waals surface area contributed by atoms with Crippen molar-refractivity contribution in [2.24, 2.45) is 5.92 Å². The van der Waals surface area contributed by atoms with Gasteiger partial charge in [0.25, 0.3) is 5.91 Å². The molecule has 1 aliphatic rings. The Balaban J connectivity index is 1.64. The van der Waals surface area contributed by atoms with Crippen molar-refractivity contribution in [3.05, 3.63) is 59.2 Å². The lowest BCUT2D eigenvalue weighted by Crippen LogP contribution is -2.33. The van der Waals surface area contributed by atoms with Crippen molar-refractivity contribution in [1.82, 2.24) is 10.2 Å². The summed E-state index contributed by atoms with van der Waals surface area (Å²) in [7, 11) is 3.24. The van der Waals surface area contributed by atoms with Crippen LogP contribution in [0.5, 0.6) is 11.5 Å². The normalized spacial score (nSPS) is 17.9. The van der Waals surface area contributed by atoms with E-state index >= 15 is 0 Å². The van der Waals surface area contributed by atoms with Gasteiger partial charge in [0, 0.05) is 18.7 Å². The van der Waals surface area contributed by atoms with Crippen molar-refractivity contribution in [3.8, 4) is 11.5 Å². The molecule has 0 aromatic heterocycles. The van der Waals surface area contributed by atoms with Gasteiger partial charge < -0.3 is 14.8 Å². The van der Waals surface area contributed by atoms with E-state index in [1.54, 1.807) is 14.2 Å². The highest BCUT2D eigenvalue weighted by molar-refractivity contribution is 5.94. The van der Waals surface area contributed by atoms with E-state index in [-0.39, 0.29) is 11.9 Å². The van der Waals surface area contributed by atoms with Crippen LogP contribution in [0.4, 0.5) is 0 Å². The van der Waals surface area contributed by atoms with Crippen LogP contribution in [-0.2, 0) is 6.54 Å². The molecule has 0 saturated carbocycles. The molecule has 5 nitrogen and oxygen atoms in total. The largest absolute Gasteiger partial charge is 0.493 e. The van der Waals surface area contributed by atoms with Crippen LogP contribution in [-0.4, -0.2) is 38.1 Å². The standard InChI is InChI=1S/C25H34N2O3/c1-5-22(21-12-13-23(29-3)24(15-21)30-4)26-25(28)20-10-8-19(9-11-20)17-27-14-6-7-18(2)16-27/h8-13,15,18,22H,5-7,14,16-17H2,1-4H3,(H,26,28)/t18-,22+/m1/s1. The molecule has 0 unspecified atom stereocenters. The van der Waals surface area contributed by atoms with Crippen molar-refractivity contribution < 1.29 is 14.3 Å². The Hall–Kier alpha value is -2.53. The molecule has 0 spiro atoms. The Morgan fingerprint density at radius 2 is 1.87 bits per heavy atom. The highest BCUT2D eigenvalue weighted by Gasteiger charge is 2.18. The second-order valence-corrected chi connectivity index (χ2v) is 8.23. The maximum absolute atomic E-state index is 12.8. The van der Waals surface area contributed by atoms with Crippen molar-refractivity contribution in [1.29, 1.82) is 0 Å². The molecule has 2 aromatic carbocycles. The average molecular weight is 411 g/mol. The summed E-state index contributed by atoms with van der Waals surface area (Å²) in [5, 5.41) is 3.15. The molecule has 0 radical (unpaired) electrons. The minimum absolute atomic E-state index is 0.0604. The Kier molecular flexibility index (Phi) is 7.75. The summed E-state index contributed by atoms with van der Waals surface area (Å²) >= 11 is 0. The van der Waals surface area contributed by atoms with Gasteiger partial charge in [-0.2, -0.15) is 0 Å². The number of benzene rings is 2. The highest BCUT2D eigenvalue weighted by atomic mass is 16.5. The first-order chi connectivity index (χ1) is 14.5. The fourth-order valence-corrected chi connectivity index (χ4v) is 4.18. The third-order valence-electron chi connectivity index (χ3n) is 5.89. The molecule has 162 valence electrons. The molecular formula is C25H34N2O3. The van der Waals surface area contributed by atoms with Gasteiger partial charge in [-0.05, 0) is 67.1 Å². The first-order valence-electron chi connectivity index (χ1n) is 10.9. The number of ether oxygens (including phenoxy) is 2. The molecule has 30 heavy (non-hydrogen) atoms. The molecule has 1 aliphatic heterocycles. The van der Waals surface area contributed by atoms with Crippen molar-refractivity contribution in [2.45, 2.75) is 45.7 Å². The zero-order chi connectivity index (χ0) is 21.5. The first-order valence-corrected chi connectivity index (χ1v) is 10.9. The Morgan fingerprint density at radius 3 is 2.50 bits per heavy atom. The van der Waals surface area contributed by atoms with E-state index < -0.39 is 0 Å². The fourth-order valence-electron chi connectivity index (χ4n) is 4.18. The van der Waals surface area contributed by atoms with Crippen molar-refractivity contribution in [2.75, 3.05) is 27.3 Å². The summed E-state index contributed by atoms with van der Waals surface area (Å²) < 4.78 is 10.7. The van der Waals surface area contributed by atoms with E-state index in [1.807, 2.05) is 30.3 Å². The minimum atomic E-state index is -0.0909. The predicted molar refractivity (Wildman–Crippen MR) is 120 cm³/mol. The molecule has 1 saturated heterocycles. The van der Waals surface area contributed by atoms with E-state index in [0.717, 1.165) is 37.5 Å². The van der Waals surface area contributed by atoms with Gasteiger partial charge in [0.1, 0.15) is 0 Å². The van der Waals surface area contributed by atoms with E-state index in [2.05, 4.69) is 36.2 Å². The van der Waals surface area contributed by atoms with Crippen LogP contribution in [0.3, 0.4) is 0 Å². The third-order valence-corrected chi connectivity index (χ3v) is 5.89. The highest BCUT2D eigenvalue weighted by Crippen LogP contribution is 2.31. The maximum Gasteiger partial charge on any atom is 0.251 e. The molecule has 1 fully saturated rings. The second-order valence-electron chi connectivity index (χ2n) is 8.23. The summed E-state index contributed by atoms with van der Waals surface area (Å²) in [5.74, 6) is 2.06. The lowest BCUT2D eigenvalue weighted by molar-refractivity contribution is 0.0935. The SMILES string of the molecule is CC[C@H](NC(=O)c1ccc(CN2CCC[C@@H](C)C2)cc1)c1ccc(OC)c(OC)c1. The summed E-state index contributed by atoms with van der Waals surface area (Å²) in [4.78, 5) is 15.3. The number of methoxy groups -OCH3 is 2. The van der Waals surface area contributed by atoms with Gasteiger partial charge in [0.05, 0.1) is 20.3 Å². The van der Waals surface area contributed by atoms with Crippen LogP contribution in [0, 0.1) is 5.92 Å². The van der Waals surface area contributed by atoms with Crippen molar-refractivity contribution in [3.63, 3.8) is 0 Å². The zero-order valence-corrected chi connectivity index (χ0v) is 18.6. The number of likely N-dealkylation sites (tertiary alicyclic amines) is 1. The van der Waals surface area contributed by atoms with Gasteiger partial charge in [-0.25, -0.2) is 0 Å². The van der Waals surface area contributed by atoms with E-state index in [4.69, 9.17) is 9.47 Å². The molecule has 1 heterocycles. The summed E-state index contributed by atoms with van der Waals surface area (Å²) in [6, 6.07) is 13.7. The quantitative estimate of drug-likeness (QED) is 0.678. The molecule has 2 aromatic rings. The number of nitrogens with zero attached hydrogens (tertiary/aromatic N) is 1. The Morgan fingerprint density at radius 1 is 1.13 bits per heavy atom. The van der Waals surface area contributed by atoms with Gasteiger partial charge in [-0.1, -0.05) is 32.0 Å². The van der Waals surface area contributed by atoms with Crippen LogP contribution in [0.15, 0.2) is 42.5 Å². The van der Waals surface area contributed by atoms with Crippen LogP contribution in [0.25, 0.3) is 0 Å². The van der Waals surface area contributed by atoms with E-state index in [0.29, 0.717) is 17.1 Å². The summed E-state index contributed by atoms with van der Waals surface area (Å²) in [6.07, 6.45) is 3.39. The molecule has 0 aliphatic carbocycles. The number of amides is 1. The number of hydrogen-bond acceptors (Lipinski definition) is 4.